The minimum atomic E-state index is -0.426. The van der Waals surface area contributed by atoms with Gasteiger partial charge in [0.2, 0.25) is 5.91 Å². The molecule has 3 aromatic rings. The number of rotatable bonds is 3. The molecule has 4 rings (SSSR count). The number of benzene rings is 2. The Morgan fingerprint density at radius 2 is 1.88 bits per heavy atom. The smallest absolute Gasteiger partial charge is 0.248 e. The first-order chi connectivity index (χ1) is 12.2. The van der Waals surface area contributed by atoms with Crippen LogP contribution in [0.25, 0.3) is 0 Å². The minimum Gasteiger partial charge on any atom is -0.379 e. The predicted molar refractivity (Wildman–Crippen MR) is 99.1 cm³/mol. The summed E-state index contributed by atoms with van der Waals surface area (Å²) in [5.74, 6) is -0.426. The standard InChI is InChI=1S/C20H18N4O/c21-20(25)15-4-5-18-19(11-15)23-12-16-14(2-1-3-17(16)24-18)10-13-6-8-22-9-7-13/h1-9,11,23-24H,10,12H2,(H2,21,25). The SMILES string of the molecule is NC(=O)c1ccc2c(c1)NCc1c(Cc3ccncc3)cccc1N2. The number of hydrogen-bond donors (Lipinski definition) is 3. The van der Waals surface area contributed by atoms with Gasteiger partial charge >= 0.3 is 0 Å². The molecule has 4 N–H and O–H groups in total. The van der Waals surface area contributed by atoms with Gasteiger partial charge in [0.1, 0.15) is 0 Å². The lowest BCUT2D eigenvalue weighted by Crippen LogP contribution is -2.11. The highest BCUT2D eigenvalue weighted by Crippen LogP contribution is 2.34. The van der Waals surface area contributed by atoms with Crippen LogP contribution in [0.5, 0.6) is 0 Å². The molecule has 1 amide bonds. The van der Waals surface area contributed by atoms with E-state index in [-0.39, 0.29) is 0 Å². The number of primary amides is 1. The monoisotopic (exact) mass is 330 g/mol. The van der Waals surface area contributed by atoms with Gasteiger partial charge in [-0.25, -0.2) is 0 Å². The molecular formula is C20H18N4O. The summed E-state index contributed by atoms with van der Waals surface area (Å²) in [4.78, 5) is 15.5. The van der Waals surface area contributed by atoms with E-state index in [1.54, 1.807) is 12.1 Å². The van der Waals surface area contributed by atoms with E-state index in [0.29, 0.717) is 12.1 Å². The van der Waals surface area contributed by atoms with Crippen molar-refractivity contribution in [1.29, 1.82) is 0 Å². The maximum atomic E-state index is 11.4. The number of nitrogens with two attached hydrogens (primary N) is 1. The first-order valence-electron chi connectivity index (χ1n) is 8.15. The van der Waals surface area contributed by atoms with Crippen LogP contribution in [0.4, 0.5) is 17.1 Å². The van der Waals surface area contributed by atoms with Crippen molar-refractivity contribution in [2.45, 2.75) is 13.0 Å². The fraction of sp³-hybridized carbons (Fsp3) is 0.100. The minimum absolute atomic E-state index is 0.426. The van der Waals surface area contributed by atoms with Crippen LogP contribution in [0.15, 0.2) is 60.9 Å². The number of hydrogen-bond acceptors (Lipinski definition) is 4. The van der Waals surface area contributed by atoms with Crippen molar-refractivity contribution < 1.29 is 4.79 Å². The third kappa shape index (κ3) is 3.04. The van der Waals surface area contributed by atoms with Crippen molar-refractivity contribution in [2.75, 3.05) is 10.6 Å². The van der Waals surface area contributed by atoms with Crippen LogP contribution in [0.2, 0.25) is 0 Å². The molecule has 2 aromatic carbocycles. The zero-order chi connectivity index (χ0) is 17.2. The van der Waals surface area contributed by atoms with E-state index in [2.05, 4.69) is 33.8 Å². The maximum Gasteiger partial charge on any atom is 0.248 e. The van der Waals surface area contributed by atoms with Crippen LogP contribution in [0, 0.1) is 0 Å². The molecule has 0 radical (unpaired) electrons. The zero-order valence-corrected chi connectivity index (χ0v) is 13.6. The van der Waals surface area contributed by atoms with Crippen molar-refractivity contribution in [3.05, 3.63) is 83.2 Å². The van der Waals surface area contributed by atoms with Crippen LogP contribution in [0.3, 0.4) is 0 Å². The first-order valence-corrected chi connectivity index (χ1v) is 8.15. The predicted octanol–water partition coefficient (Wildman–Crippen LogP) is 3.44. The molecule has 2 heterocycles. The lowest BCUT2D eigenvalue weighted by molar-refractivity contribution is 0.100. The summed E-state index contributed by atoms with van der Waals surface area (Å²) in [6.07, 6.45) is 4.47. The molecule has 0 saturated carbocycles. The Balaban J connectivity index is 1.69. The molecule has 25 heavy (non-hydrogen) atoms. The number of carbonyl (C=O) groups is 1. The van der Waals surface area contributed by atoms with Crippen LogP contribution < -0.4 is 16.4 Å². The van der Waals surface area contributed by atoms with Gasteiger partial charge in [0.05, 0.1) is 11.4 Å². The molecule has 0 spiro atoms. The van der Waals surface area contributed by atoms with Crippen LogP contribution in [-0.4, -0.2) is 10.9 Å². The molecule has 0 bridgehead atoms. The van der Waals surface area contributed by atoms with E-state index < -0.39 is 5.91 Å². The van der Waals surface area contributed by atoms with Gasteiger partial charge in [0.25, 0.3) is 0 Å². The molecule has 0 atom stereocenters. The number of nitrogens with one attached hydrogen (secondary N) is 2. The first kappa shape index (κ1) is 15.2. The summed E-state index contributed by atoms with van der Waals surface area (Å²) < 4.78 is 0. The van der Waals surface area contributed by atoms with Crippen molar-refractivity contribution in [1.82, 2.24) is 4.98 Å². The van der Waals surface area contributed by atoms with Crippen molar-refractivity contribution >= 4 is 23.0 Å². The van der Waals surface area contributed by atoms with E-state index in [1.807, 2.05) is 30.6 Å². The van der Waals surface area contributed by atoms with Gasteiger partial charge in [0.15, 0.2) is 0 Å². The van der Waals surface area contributed by atoms with Gasteiger partial charge in [-0.1, -0.05) is 12.1 Å². The van der Waals surface area contributed by atoms with E-state index >= 15 is 0 Å². The normalized spacial score (nSPS) is 12.2. The second-order valence-corrected chi connectivity index (χ2v) is 6.08. The molecule has 124 valence electrons. The Kier molecular flexibility index (Phi) is 3.82. The summed E-state index contributed by atoms with van der Waals surface area (Å²) in [5.41, 5.74) is 12.5. The summed E-state index contributed by atoms with van der Waals surface area (Å²) >= 11 is 0. The maximum absolute atomic E-state index is 11.4. The number of anilines is 3. The van der Waals surface area contributed by atoms with Crippen LogP contribution in [0.1, 0.15) is 27.0 Å². The van der Waals surface area contributed by atoms with Crippen LogP contribution >= 0.6 is 0 Å². The average molecular weight is 330 g/mol. The lowest BCUT2D eigenvalue weighted by atomic mass is 9.99. The lowest BCUT2D eigenvalue weighted by Gasteiger charge is -2.13. The van der Waals surface area contributed by atoms with Gasteiger partial charge in [-0.05, 0) is 59.5 Å². The average Bonchev–Trinajstić information content (AvgIpc) is 2.81. The Morgan fingerprint density at radius 1 is 1.04 bits per heavy atom. The number of fused-ring (bicyclic) bond motifs is 2. The number of aromatic nitrogens is 1. The highest BCUT2D eigenvalue weighted by molar-refractivity contribution is 5.95. The van der Waals surface area contributed by atoms with Crippen molar-refractivity contribution in [3.8, 4) is 0 Å². The highest BCUT2D eigenvalue weighted by Gasteiger charge is 2.16. The molecular weight excluding hydrogens is 312 g/mol. The van der Waals surface area contributed by atoms with Crippen molar-refractivity contribution in [3.63, 3.8) is 0 Å². The van der Waals surface area contributed by atoms with Crippen molar-refractivity contribution in [2.24, 2.45) is 5.73 Å². The number of nitrogens with zero attached hydrogens (tertiary/aromatic N) is 1. The fourth-order valence-electron chi connectivity index (χ4n) is 3.13. The summed E-state index contributed by atoms with van der Waals surface area (Å²) in [7, 11) is 0. The number of amides is 1. The topological polar surface area (TPSA) is 80.0 Å². The van der Waals surface area contributed by atoms with E-state index in [9.17, 15) is 4.79 Å². The molecule has 0 fully saturated rings. The van der Waals surface area contributed by atoms with Gasteiger partial charge in [-0.3, -0.25) is 9.78 Å². The Hall–Kier alpha value is -3.34. The second-order valence-electron chi connectivity index (χ2n) is 6.08. The fourth-order valence-corrected chi connectivity index (χ4v) is 3.13. The van der Waals surface area contributed by atoms with Gasteiger partial charge in [0, 0.05) is 30.2 Å². The van der Waals surface area contributed by atoms with E-state index in [4.69, 9.17) is 5.73 Å². The third-order valence-electron chi connectivity index (χ3n) is 4.45. The molecule has 5 heteroatoms. The van der Waals surface area contributed by atoms with Gasteiger partial charge in [-0.15, -0.1) is 0 Å². The van der Waals surface area contributed by atoms with E-state index in [0.717, 1.165) is 23.5 Å². The summed E-state index contributed by atoms with van der Waals surface area (Å²) in [6, 6.07) is 15.8. The zero-order valence-electron chi connectivity index (χ0n) is 13.6. The molecule has 1 aliphatic heterocycles. The molecule has 0 unspecified atom stereocenters. The number of carbonyl (C=O) groups excluding carboxylic acids is 1. The molecule has 5 nitrogen and oxygen atoms in total. The largest absolute Gasteiger partial charge is 0.379 e. The summed E-state index contributed by atoms with van der Waals surface area (Å²) in [6.45, 7) is 0.679. The molecule has 1 aromatic heterocycles. The van der Waals surface area contributed by atoms with E-state index in [1.165, 1.54) is 16.7 Å². The highest BCUT2D eigenvalue weighted by atomic mass is 16.1. The Bertz CT molecular complexity index is 938. The van der Waals surface area contributed by atoms with Gasteiger partial charge in [-0.2, -0.15) is 0 Å². The second kappa shape index (κ2) is 6.28. The summed E-state index contributed by atoms with van der Waals surface area (Å²) in [5, 5.41) is 6.89. The van der Waals surface area contributed by atoms with Crippen LogP contribution in [-0.2, 0) is 13.0 Å². The quantitative estimate of drug-likeness (QED) is 0.687. The third-order valence-corrected chi connectivity index (χ3v) is 4.45. The van der Waals surface area contributed by atoms with Gasteiger partial charge < -0.3 is 16.4 Å². The Labute approximate surface area is 145 Å². The molecule has 0 saturated heterocycles. The molecule has 0 aliphatic carbocycles. The Morgan fingerprint density at radius 3 is 2.68 bits per heavy atom. The molecule has 1 aliphatic rings. The number of pyridine rings is 1.